The van der Waals surface area contributed by atoms with Crippen LogP contribution in [0.2, 0.25) is 0 Å². The van der Waals surface area contributed by atoms with Gasteiger partial charge in [-0.3, -0.25) is 14.9 Å². The highest BCUT2D eigenvalue weighted by Gasteiger charge is 2.17. The second-order valence-corrected chi connectivity index (χ2v) is 8.88. The summed E-state index contributed by atoms with van der Waals surface area (Å²) >= 11 is 1.31. The number of anilines is 1. The smallest absolute Gasteiger partial charge is 0.293 e. The quantitative estimate of drug-likeness (QED) is 0.346. The molecule has 0 saturated heterocycles. The number of benzene rings is 1. The molecule has 1 amide bonds. The molecule has 0 atom stereocenters. The maximum atomic E-state index is 13.3. The Morgan fingerprint density at radius 2 is 1.91 bits per heavy atom. The fraction of sp³-hybridized carbons (Fsp3) is 0.115. The molecular weight excluding hydrogens is 467 g/mol. The van der Waals surface area contributed by atoms with Gasteiger partial charge >= 0.3 is 0 Å². The van der Waals surface area contributed by atoms with E-state index < -0.39 is 5.91 Å². The van der Waals surface area contributed by atoms with E-state index in [1.165, 1.54) is 34.1 Å². The van der Waals surface area contributed by atoms with Crippen molar-refractivity contribution in [2.45, 2.75) is 20.4 Å². The number of hydrogen-bond acceptors (Lipinski definition) is 5. The Labute approximate surface area is 204 Å². The molecular formula is C26H21FN4O3S. The Balaban J connectivity index is 1.32. The number of rotatable bonds is 6. The van der Waals surface area contributed by atoms with Crippen LogP contribution >= 0.6 is 11.3 Å². The summed E-state index contributed by atoms with van der Waals surface area (Å²) in [6.45, 7) is 4.19. The first-order chi connectivity index (χ1) is 16.9. The van der Waals surface area contributed by atoms with Crippen molar-refractivity contribution >= 4 is 22.4 Å². The Bertz CT molecular complexity index is 1580. The number of nitrogens with one attached hydrogen (secondary N) is 1. The SMILES string of the molecule is Cc1cc(-c2csc(NC(=O)c3ccc(Cn4ccccc4=O)o3)n2)c(C)n1-c1ccc(F)cc1. The Kier molecular flexibility index (Phi) is 5.92. The normalized spacial score (nSPS) is 11.1. The zero-order valence-corrected chi connectivity index (χ0v) is 19.8. The average molecular weight is 489 g/mol. The lowest BCUT2D eigenvalue weighted by atomic mass is 10.2. The standard InChI is InChI=1S/C26H21FN4O3S/c1-16-13-21(17(2)31(16)19-8-6-18(27)7-9-19)22-15-35-26(28-22)29-25(33)23-11-10-20(34-23)14-30-12-4-3-5-24(30)32/h3-13,15H,14H2,1-2H3,(H,28,29,33). The molecule has 7 nitrogen and oxygen atoms in total. The molecule has 35 heavy (non-hydrogen) atoms. The van der Waals surface area contributed by atoms with Crippen LogP contribution in [0.5, 0.6) is 0 Å². The maximum absolute atomic E-state index is 13.3. The van der Waals surface area contributed by atoms with Crippen LogP contribution in [0.1, 0.15) is 27.7 Å². The molecule has 0 aliphatic carbocycles. The van der Waals surface area contributed by atoms with E-state index in [9.17, 15) is 14.0 Å². The molecule has 0 unspecified atom stereocenters. The van der Waals surface area contributed by atoms with Crippen LogP contribution in [0.4, 0.5) is 9.52 Å². The van der Waals surface area contributed by atoms with Crippen LogP contribution in [-0.2, 0) is 6.54 Å². The molecule has 4 heterocycles. The molecule has 4 aromatic heterocycles. The van der Waals surface area contributed by atoms with Crippen LogP contribution in [-0.4, -0.2) is 20.0 Å². The molecule has 0 fully saturated rings. The van der Waals surface area contributed by atoms with E-state index in [0.717, 1.165) is 28.3 Å². The van der Waals surface area contributed by atoms with Crippen LogP contribution in [0.15, 0.2) is 81.5 Å². The molecule has 5 aromatic rings. The molecule has 176 valence electrons. The highest BCUT2D eigenvalue weighted by Crippen LogP contribution is 2.32. The number of carbonyl (C=O) groups is 1. The maximum Gasteiger partial charge on any atom is 0.293 e. The number of aromatic nitrogens is 3. The van der Waals surface area contributed by atoms with Gasteiger partial charge in [0.2, 0.25) is 0 Å². The van der Waals surface area contributed by atoms with Crippen molar-refractivity contribution < 1.29 is 13.6 Å². The second-order valence-electron chi connectivity index (χ2n) is 8.02. The fourth-order valence-electron chi connectivity index (χ4n) is 3.97. The summed E-state index contributed by atoms with van der Waals surface area (Å²) in [6, 6.07) is 16.5. The van der Waals surface area contributed by atoms with Crippen molar-refractivity contribution in [3.05, 3.63) is 111 Å². The van der Waals surface area contributed by atoms with Crippen LogP contribution in [0.3, 0.4) is 0 Å². The van der Waals surface area contributed by atoms with Gasteiger partial charge in [0.05, 0.1) is 12.2 Å². The minimum atomic E-state index is -0.422. The minimum absolute atomic E-state index is 0.134. The van der Waals surface area contributed by atoms with Gasteiger partial charge < -0.3 is 13.6 Å². The number of nitrogens with zero attached hydrogens (tertiary/aromatic N) is 3. The Morgan fingerprint density at radius 3 is 2.69 bits per heavy atom. The highest BCUT2D eigenvalue weighted by atomic mass is 32.1. The summed E-state index contributed by atoms with van der Waals surface area (Å²) in [4.78, 5) is 29.2. The van der Waals surface area contributed by atoms with Crippen LogP contribution in [0, 0.1) is 19.7 Å². The lowest BCUT2D eigenvalue weighted by Gasteiger charge is -2.09. The predicted octanol–water partition coefficient (Wildman–Crippen LogP) is 5.41. The van der Waals surface area contributed by atoms with Gasteiger partial charge in [0.1, 0.15) is 11.6 Å². The molecule has 0 radical (unpaired) electrons. The number of furan rings is 1. The zero-order chi connectivity index (χ0) is 24.5. The van der Waals surface area contributed by atoms with Gasteiger partial charge in [0.15, 0.2) is 10.9 Å². The molecule has 5 rings (SSSR count). The Hall–Kier alpha value is -4.24. The average Bonchev–Trinajstić information content (AvgIpc) is 3.56. The summed E-state index contributed by atoms with van der Waals surface area (Å²) < 4.78 is 22.5. The minimum Gasteiger partial charge on any atom is -0.454 e. The fourth-order valence-corrected chi connectivity index (χ4v) is 4.67. The third kappa shape index (κ3) is 4.58. The van der Waals surface area contributed by atoms with Crippen molar-refractivity contribution in [3.8, 4) is 16.9 Å². The van der Waals surface area contributed by atoms with Gasteiger partial charge in [-0.05, 0) is 62.4 Å². The second kappa shape index (κ2) is 9.19. The number of halogens is 1. The van der Waals surface area contributed by atoms with Crippen LogP contribution in [0.25, 0.3) is 16.9 Å². The van der Waals surface area contributed by atoms with Gasteiger partial charge in [-0.2, -0.15) is 0 Å². The number of hydrogen-bond donors (Lipinski definition) is 1. The van der Waals surface area contributed by atoms with E-state index in [-0.39, 0.29) is 23.7 Å². The molecule has 0 aliphatic heterocycles. The van der Waals surface area contributed by atoms with Crippen molar-refractivity contribution in [1.29, 1.82) is 0 Å². The molecule has 1 N–H and O–H groups in total. The molecule has 9 heteroatoms. The number of pyridine rings is 1. The topological polar surface area (TPSA) is 82.1 Å². The van der Waals surface area contributed by atoms with Gasteiger partial charge in [-0.25, -0.2) is 9.37 Å². The number of amides is 1. The van der Waals surface area contributed by atoms with Gasteiger partial charge in [0.25, 0.3) is 11.5 Å². The van der Waals surface area contributed by atoms with Crippen molar-refractivity contribution in [1.82, 2.24) is 14.1 Å². The summed E-state index contributed by atoms with van der Waals surface area (Å²) in [6.07, 6.45) is 1.66. The third-order valence-electron chi connectivity index (χ3n) is 5.63. The molecule has 1 aromatic carbocycles. The monoisotopic (exact) mass is 488 g/mol. The van der Waals surface area contributed by atoms with E-state index in [2.05, 4.69) is 10.3 Å². The summed E-state index contributed by atoms with van der Waals surface area (Å²) in [5, 5.41) is 5.09. The first kappa shape index (κ1) is 22.5. The third-order valence-corrected chi connectivity index (χ3v) is 6.38. The summed E-state index contributed by atoms with van der Waals surface area (Å²) in [7, 11) is 0. The lowest BCUT2D eigenvalue weighted by Crippen LogP contribution is -2.18. The summed E-state index contributed by atoms with van der Waals surface area (Å²) in [5.74, 6) is -0.0740. The predicted molar refractivity (Wildman–Crippen MR) is 133 cm³/mol. The Morgan fingerprint density at radius 1 is 1.11 bits per heavy atom. The largest absolute Gasteiger partial charge is 0.454 e. The summed E-state index contributed by atoms with van der Waals surface area (Å²) in [5.41, 5.74) is 4.33. The molecule has 0 aliphatic rings. The van der Waals surface area contributed by atoms with E-state index in [4.69, 9.17) is 4.42 Å². The van der Waals surface area contributed by atoms with Gasteiger partial charge in [-0.15, -0.1) is 11.3 Å². The number of carbonyl (C=O) groups excluding carboxylic acids is 1. The van der Waals surface area contributed by atoms with E-state index >= 15 is 0 Å². The van der Waals surface area contributed by atoms with E-state index in [1.807, 2.05) is 29.9 Å². The molecule has 0 spiro atoms. The molecule has 0 bridgehead atoms. The highest BCUT2D eigenvalue weighted by molar-refractivity contribution is 7.14. The van der Waals surface area contributed by atoms with Crippen molar-refractivity contribution in [3.63, 3.8) is 0 Å². The van der Waals surface area contributed by atoms with Crippen molar-refractivity contribution in [2.24, 2.45) is 0 Å². The van der Waals surface area contributed by atoms with Crippen molar-refractivity contribution in [2.75, 3.05) is 5.32 Å². The number of aryl methyl sites for hydroxylation is 1. The van der Waals surface area contributed by atoms with E-state index in [1.54, 1.807) is 42.6 Å². The number of thiazole rings is 1. The van der Waals surface area contributed by atoms with Crippen LogP contribution < -0.4 is 10.9 Å². The lowest BCUT2D eigenvalue weighted by molar-refractivity contribution is 0.0994. The van der Waals surface area contributed by atoms with Gasteiger partial charge in [0, 0.05) is 40.3 Å². The first-order valence-electron chi connectivity index (χ1n) is 10.9. The zero-order valence-electron chi connectivity index (χ0n) is 19.0. The first-order valence-corrected chi connectivity index (χ1v) is 11.7. The van der Waals surface area contributed by atoms with Gasteiger partial charge in [-0.1, -0.05) is 6.07 Å². The molecule has 0 saturated carbocycles. The van der Waals surface area contributed by atoms with E-state index in [0.29, 0.717) is 10.9 Å².